The second-order valence-electron chi connectivity index (χ2n) is 6.62. The van der Waals surface area contributed by atoms with Gasteiger partial charge in [0.15, 0.2) is 0 Å². The molecule has 0 bridgehead atoms. The van der Waals surface area contributed by atoms with Gasteiger partial charge in [0.2, 0.25) is 5.91 Å². The van der Waals surface area contributed by atoms with Crippen LogP contribution in [0.2, 0.25) is 0 Å². The van der Waals surface area contributed by atoms with Crippen molar-refractivity contribution < 1.29 is 9.59 Å². The van der Waals surface area contributed by atoms with E-state index >= 15 is 0 Å². The molecule has 0 aliphatic heterocycles. The van der Waals surface area contributed by atoms with Gasteiger partial charge >= 0.3 is 6.03 Å². The van der Waals surface area contributed by atoms with Crippen molar-refractivity contribution in [2.75, 3.05) is 26.2 Å². The van der Waals surface area contributed by atoms with E-state index in [0.717, 1.165) is 19.5 Å². The van der Waals surface area contributed by atoms with Crippen LogP contribution in [-0.4, -0.2) is 43.0 Å². The van der Waals surface area contributed by atoms with Crippen molar-refractivity contribution in [3.05, 3.63) is 22.4 Å². The van der Waals surface area contributed by atoms with Crippen molar-refractivity contribution in [1.82, 2.24) is 15.5 Å². The van der Waals surface area contributed by atoms with E-state index in [1.165, 1.54) is 4.88 Å². The number of hydrogen-bond donors (Lipinski definition) is 2. The minimum atomic E-state index is -0.416. The molecule has 0 radical (unpaired) electrons. The van der Waals surface area contributed by atoms with Crippen LogP contribution in [0.25, 0.3) is 0 Å². The van der Waals surface area contributed by atoms with Crippen LogP contribution in [0.3, 0.4) is 0 Å². The van der Waals surface area contributed by atoms with E-state index < -0.39 is 6.03 Å². The van der Waals surface area contributed by atoms with Gasteiger partial charge < -0.3 is 5.32 Å². The summed E-state index contributed by atoms with van der Waals surface area (Å²) in [5.41, 5.74) is 0. The molecule has 0 unspecified atom stereocenters. The molecule has 0 atom stereocenters. The number of imide groups is 1. The van der Waals surface area contributed by atoms with E-state index in [0.29, 0.717) is 18.4 Å². The number of nitrogens with one attached hydrogen (secondary N) is 2. The number of carbonyl (C=O) groups excluding carboxylic acids is 2. The SMILES string of the molecule is CC(C)CN(CC(=O)NC(=O)NCCc1cccs1)CC(C)C. The lowest BCUT2D eigenvalue weighted by molar-refractivity contribution is -0.121. The van der Waals surface area contributed by atoms with Crippen molar-refractivity contribution in [2.45, 2.75) is 34.1 Å². The summed E-state index contributed by atoms with van der Waals surface area (Å²) >= 11 is 1.66. The molecule has 0 saturated carbocycles. The smallest absolute Gasteiger partial charge is 0.321 e. The summed E-state index contributed by atoms with van der Waals surface area (Å²) in [7, 11) is 0. The number of thiophene rings is 1. The summed E-state index contributed by atoms with van der Waals surface area (Å²) < 4.78 is 0. The Morgan fingerprint density at radius 2 is 1.83 bits per heavy atom. The molecule has 0 spiro atoms. The van der Waals surface area contributed by atoms with E-state index in [2.05, 4.69) is 43.2 Å². The quantitative estimate of drug-likeness (QED) is 0.727. The van der Waals surface area contributed by atoms with Gasteiger partial charge in [0, 0.05) is 24.5 Å². The maximum absolute atomic E-state index is 12.0. The zero-order valence-electron chi connectivity index (χ0n) is 14.6. The van der Waals surface area contributed by atoms with E-state index in [9.17, 15) is 9.59 Å². The van der Waals surface area contributed by atoms with E-state index in [1.807, 2.05) is 17.5 Å². The van der Waals surface area contributed by atoms with Gasteiger partial charge in [0.05, 0.1) is 6.54 Å². The van der Waals surface area contributed by atoms with Gasteiger partial charge in [-0.2, -0.15) is 0 Å². The Morgan fingerprint density at radius 3 is 2.35 bits per heavy atom. The van der Waals surface area contributed by atoms with Crippen LogP contribution >= 0.6 is 11.3 Å². The second-order valence-corrected chi connectivity index (χ2v) is 7.65. The summed E-state index contributed by atoms with van der Waals surface area (Å²) in [6, 6.07) is 3.60. The molecule has 0 aromatic carbocycles. The molecule has 23 heavy (non-hydrogen) atoms. The van der Waals surface area contributed by atoms with Crippen LogP contribution < -0.4 is 10.6 Å². The Hall–Kier alpha value is -1.40. The number of hydrogen-bond acceptors (Lipinski definition) is 4. The molecule has 130 valence electrons. The highest BCUT2D eigenvalue weighted by atomic mass is 32.1. The second kappa shape index (κ2) is 10.4. The Labute approximate surface area is 143 Å². The Kier molecular flexibility index (Phi) is 8.87. The molecule has 1 aromatic heterocycles. The molecule has 3 amide bonds. The van der Waals surface area contributed by atoms with Crippen molar-refractivity contribution >= 4 is 23.3 Å². The van der Waals surface area contributed by atoms with Gasteiger partial charge in [-0.05, 0) is 29.7 Å². The predicted octanol–water partition coefficient (Wildman–Crippen LogP) is 2.73. The summed E-state index contributed by atoms with van der Waals surface area (Å²) in [6.45, 7) is 11.0. The largest absolute Gasteiger partial charge is 0.337 e. The fourth-order valence-electron chi connectivity index (χ4n) is 2.40. The Morgan fingerprint density at radius 1 is 1.17 bits per heavy atom. The van der Waals surface area contributed by atoms with Crippen LogP contribution in [0, 0.1) is 11.8 Å². The van der Waals surface area contributed by atoms with Crippen LogP contribution in [0.15, 0.2) is 17.5 Å². The number of amides is 3. The highest BCUT2D eigenvalue weighted by molar-refractivity contribution is 7.09. The maximum atomic E-state index is 12.0. The lowest BCUT2D eigenvalue weighted by Gasteiger charge is -2.25. The van der Waals surface area contributed by atoms with Crippen LogP contribution in [-0.2, 0) is 11.2 Å². The fourth-order valence-corrected chi connectivity index (χ4v) is 3.11. The van der Waals surface area contributed by atoms with Gasteiger partial charge in [-0.1, -0.05) is 33.8 Å². The van der Waals surface area contributed by atoms with Crippen molar-refractivity contribution in [3.8, 4) is 0 Å². The molecule has 1 rings (SSSR count). The van der Waals surface area contributed by atoms with Crippen molar-refractivity contribution in [1.29, 1.82) is 0 Å². The first-order valence-corrected chi connectivity index (χ1v) is 9.07. The van der Waals surface area contributed by atoms with Gasteiger partial charge in [-0.25, -0.2) is 4.79 Å². The zero-order valence-corrected chi connectivity index (χ0v) is 15.4. The molecule has 6 heteroatoms. The minimum absolute atomic E-state index is 0.250. The topological polar surface area (TPSA) is 61.4 Å². The highest BCUT2D eigenvalue weighted by Crippen LogP contribution is 2.08. The average Bonchev–Trinajstić information content (AvgIpc) is 2.89. The third kappa shape index (κ3) is 9.36. The van der Waals surface area contributed by atoms with Gasteiger partial charge in [0.25, 0.3) is 0 Å². The van der Waals surface area contributed by atoms with Crippen LogP contribution in [0.4, 0.5) is 4.79 Å². The number of urea groups is 1. The third-order valence-electron chi connectivity index (χ3n) is 3.10. The number of nitrogens with zero attached hydrogens (tertiary/aromatic N) is 1. The van der Waals surface area contributed by atoms with Crippen molar-refractivity contribution in [3.63, 3.8) is 0 Å². The number of carbonyl (C=O) groups is 2. The average molecular weight is 340 g/mol. The predicted molar refractivity (Wildman–Crippen MR) is 95.7 cm³/mol. The zero-order chi connectivity index (χ0) is 17.2. The summed E-state index contributed by atoms with van der Waals surface area (Å²) in [6.07, 6.45) is 0.784. The third-order valence-corrected chi connectivity index (χ3v) is 4.04. The Balaban J connectivity index is 2.30. The fraction of sp³-hybridized carbons (Fsp3) is 0.647. The first-order valence-electron chi connectivity index (χ1n) is 8.19. The van der Waals surface area contributed by atoms with Gasteiger partial charge in [-0.3, -0.25) is 15.0 Å². The molecule has 0 aliphatic rings. The molecular weight excluding hydrogens is 310 g/mol. The first-order chi connectivity index (χ1) is 10.9. The summed E-state index contributed by atoms with van der Waals surface area (Å²) in [5, 5.41) is 7.14. The summed E-state index contributed by atoms with van der Waals surface area (Å²) in [4.78, 5) is 27.1. The summed E-state index contributed by atoms with van der Waals surface area (Å²) in [5.74, 6) is 0.724. The Bertz CT molecular complexity index is 462. The van der Waals surface area contributed by atoms with E-state index in [1.54, 1.807) is 11.3 Å². The van der Waals surface area contributed by atoms with Gasteiger partial charge in [-0.15, -0.1) is 11.3 Å². The number of rotatable bonds is 9. The lowest BCUT2D eigenvalue weighted by atomic mass is 10.1. The lowest BCUT2D eigenvalue weighted by Crippen LogP contribution is -2.46. The van der Waals surface area contributed by atoms with Crippen LogP contribution in [0.5, 0.6) is 0 Å². The molecule has 2 N–H and O–H groups in total. The first kappa shape index (κ1) is 19.6. The molecule has 1 aromatic rings. The van der Waals surface area contributed by atoms with Crippen LogP contribution in [0.1, 0.15) is 32.6 Å². The normalized spacial score (nSPS) is 11.3. The highest BCUT2D eigenvalue weighted by Gasteiger charge is 2.15. The molecule has 0 fully saturated rings. The molecular formula is C17H29N3O2S. The maximum Gasteiger partial charge on any atom is 0.321 e. The van der Waals surface area contributed by atoms with Gasteiger partial charge in [0.1, 0.15) is 0 Å². The van der Waals surface area contributed by atoms with Crippen molar-refractivity contribution in [2.24, 2.45) is 11.8 Å². The molecule has 1 heterocycles. The standard InChI is InChI=1S/C17H29N3O2S/c1-13(2)10-20(11-14(3)4)12-16(21)19-17(22)18-8-7-15-6-5-9-23-15/h5-6,9,13-14H,7-8,10-12H2,1-4H3,(H2,18,19,21,22). The van der Waals surface area contributed by atoms with E-state index in [-0.39, 0.29) is 12.5 Å². The monoisotopic (exact) mass is 339 g/mol. The molecule has 0 aliphatic carbocycles. The van der Waals surface area contributed by atoms with E-state index in [4.69, 9.17) is 0 Å². The molecule has 5 nitrogen and oxygen atoms in total. The minimum Gasteiger partial charge on any atom is -0.337 e. The molecule has 0 saturated heterocycles.